The van der Waals surface area contributed by atoms with E-state index in [2.05, 4.69) is 5.43 Å². The molecule has 0 saturated heterocycles. The van der Waals surface area contributed by atoms with Gasteiger partial charge in [0.15, 0.2) is 0 Å². The Bertz CT molecular complexity index is 571. The molecule has 2 aromatic rings. The smallest absolute Gasteiger partial charge is 0.131 e. The van der Waals surface area contributed by atoms with Crippen LogP contribution in [0.2, 0.25) is 5.02 Å². The molecule has 1 aromatic carbocycles. The first kappa shape index (κ1) is 13.4. The quantitative estimate of drug-likeness (QED) is 0.670. The van der Waals surface area contributed by atoms with Crippen molar-refractivity contribution in [3.63, 3.8) is 0 Å². The van der Waals surface area contributed by atoms with Gasteiger partial charge >= 0.3 is 0 Å². The van der Waals surface area contributed by atoms with Crippen LogP contribution < -0.4 is 11.3 Å². The third kappa shape index (κ3) is 2.40. The molecule has 96 valence electrons. The summed E-state index contributed by atoms with van der Waals surface area (Å²) in [5.74, 6) is 4.23. The van der Waals surface area contributed by atoms with Gasteiger partial charge in [0.1, 0.15) is 11.6 Å². The number of hydrazine groups is 1. The van der Waals surface area contributed by atoms with Gasteiger partial charge < -0.3 is 0 Å². The highest BCUT2D eigenvalue weighted by Crippen LogP contribution is 2.34. The number of hydrogen-bond donors (Lipinski definition) is 2. The number of rotatable bonds is 3. The fourth-order valence-corrected chi connectivity index (χ4v) is 2.96. The first-order chi connectivity index (χ1) is 8.54. The molecule has 0 spiro atoms. The van der Waals surface area contributed by atoms with E-state index in [-0.39, 0.29) is 5.56 Å². The molecule has 1 heterocycles. The zero-order valence-corrected chi connectivity index (χ0v) is 11.1. The molecule has 1 unspecified atom stereocenters. The molecule has 1 atom stereocenters. The molecule has 0 fully saturated rings. The minimum absolute atomic E-state index is 0.278. The molecule has 0 bridgehead atoms. The van der Waals surface area contributed by atoms with E-state index in [1.165, 1.54) is 17.4 Å². The van der Waals surface area contributed by atoms with Crippen LogP contribution in [0.15, 0.2) is 23.6 Å². The van der Waals surface area contributed by atoms with Gasteiger partial charge in [-0.15, -0.1) is 11.3 Å². The number of hydrogen-bond acceptors (Lipinski definition) is 3. The van der Waals surface area contributed by atoms with Crippen LogP contribution in [0.25, 0.3) is 0 Å². The van der Waals surface area contributed by atoms with Crippen molar-refractivity contribution in [2.45, 2.75) is 13.0 Å². The maximum atomic E-state index is 13.8. The Labute approximate surface area is 112 Å². The summed E-state index contributed by atoms with van der Waals surface area (Å²) >= 11 is 7.37. The Kier molecular flexibility index (Phi) is 3.97. The average Bonchev–Trinajstić information content (AvgIpc) is 2.73. The molecule has 2 rings (SSSR count). The molecule has 0 aliphatic carbocycles. The van der Waals surface area contributed by atoms with Crippen molar-refractivity contribution in [1.29, 1.82) is 0 Å². The lowest BCUT2D eigenvalue weighted by Gasteiger charge is -2.17. The van der Waals surface area contributed by atoms with Gasteiger partial charge in [-0.2, -0.15) is 0 Å². The molecular formula is C12H11ClF2N2S. The van der Waals surface area contributed by atoms with Crippen LogP contribution >= 0.6 is 22.9 Å². The number of halogens is 3. The standard InChI is InChI=1S/C12H11ClF2N2S/c1-6-4-7(10(15)5-9(6)14)11(17-16)12-8(13)2-3-18-12/h2-5,11,17H,16H2,1H3. The summed E-state index contributed by atoms with van der Waals surface area (Å²) in [4.78, 5) is 0.698. The fraction of sp³-hybridized carbons (Fsp3) is 0.167. The lowest BCUT2D eigenvalue weighted by molar-refractivity contribution is 0.541. The van der Waals surface area contributed by atoms with Crippen molar-refractivity contribution < 1.29 is 8.78 Å². The Morgan fingerprint density at radius 2 is 2.06 bits per heavy atom. The van der Waals surface area contributed by atoms with Gasteiger partial charge in [-0.05, 0) is 30.0 Å². The topological polar surface area (TPSA) is 38.0 Å². The maximum Gasteiger partial charge on any atom is 0.131 e. The van der Waals surface area contributed by atoms with Crippen LogP contribution in [0.3, 0.4) is 0 Å². The third-order valence-corrected chi connectivity index (χ3v) is 4.09. The molecule has 0 amide bonds. The van der Waals surface area contributed by atoms with E-state index in [1.807, 2.05) is 0 Å². The van der Waals surface area contributed by atoms with Gasteiger partial charge in [0.25, 0.3) is 0 Å². The van der Waals surface area contributed by atoms with E-state index in [9.17, 15) is 8.78 Å². The molecule has 6 heteroatoms. The fourth-order valence-electron chi connectivity index (χ4n) is 1.72. The summed E-state index contributed by atoms with van der Waals surface area (Å²) in [5.41, 5.74) is 3.15. The first-order valence-electron chi connectivity index (χ1n) is 5.19. The zero-order chi connectivity index (χ0) is 13.3. The summed E-state index contributed by atoms with van der Waals surface area (Å²) in [6, 6.07) is 3.42. The van der Waals surface area contributed by atoms with E-state index in [1.54, 1.807) is 18.4 Å². The van der Waals surface area contributed by atoms with Crippen LogP contribution in [0, 0.1) is 18.6 Å². The van der Waals surface area contributed by atoms with Gasteiger partial charge in [0.2, 0.25) is 0 Å². The van der Waals surface area contributed by atoms with Crippen LogP contribution in [-0.4, -0.2) is 0 Å². The van der Waals surface area contributed by atoms with E-state index in [0.717, 1.165) is 6.07 Å². The van der Waals surface area contributed by atoms with E-state index >= 15 is 0 Å². The van der Waals surface area contributed by atoms with Crippen molar-refractivity contribution in [3.8, 4) is 0 Å². The predicted molar refractivity (Wildman–Crippen MR) is 69.6 cm³/mol. The number of nitrogens with two attached hydrogens (primary N) is 1. The molecule has 1 aromatic heterocycles. The first-order valence-corrected chi connectivity index (χ1v) is 6.45. The minimum atomic E-state index is -0.648. The number of aryl methyl sites for hydroxylation is 1. The van der Waals surface area contributed by atoms with Crippen LogP contribution in [-0.2, 0) is 0 Å². The van der Waals surface area contributed by atoms with E-state index in [0.29, 0.717) is 15.5 Å². The largest absolute Gasteiger partial charge is 0.271 e. The summed E-state index contributed by atoms with van der Waals surface area (Å²) in [6.45, 7) is 1.57. The average molecular weight is 289 g/mol. The highest BCUT2D eigenvalue weighted by molar-refractivity contribution is 7.10. The van der Waals surface area contributed by atoms with E-state index < -0.39 is 17.7 Å². The molecule has 0 aliphatic rings. The highest BCUT2D eigenvalue weighted by Gasteiger charge is 2.21. The van der Waals surface area contributed by atoms with Crippen LogP contribution in [0.1, 0.15) is 22.0 Å². The van der Waals surface area contributed by atoms with Gasteiger partial charge in [0, 0.05) is 16.5 Å². The maximum absolute atomic E-state index is 13.8. The summed E-state index contributed by atoms with van der Waals surface area (Å²) in [5, 5.41) is 2.29. The molecule has 0 radical (unpaired) electrons. The Hall–Kier alpha value is -1.01. The lowest BCUT2D eigenvalue weighted by atomic mass is 10.0. The normalized spacial score (nSPS) is 12.7. The van der Waals surface area contributed by atoms with Gasteiger partial charge in [-0.1, -0.05) is 11.6 Å². The number of benzene rings is 1. The molecule has 2 nitrogen and oxygen atoms in total. The van der Waals surface area contributed by atoms with Crippen molar-refractivity contribution in [1.82, 2.24) is 5.43 Å². The van der Waals surface area contributed by atoms with Gasteiger partial charge in [0.05, 0.1) is 11.1 Å². The molecule has 18 heavy (non-hydrogen) atoms. The second-order valence-electron chi connectivity index (χ2n) is 3.86. The second-order valence-corrected chi connectivity index (χ2v) is 5.21. The molecule has 0 aliphatic heterocycles. The monoisotopic (exact) mass is 288 g/mol. The molecule has 3 N–H and O–H groups in total. The minimum Gasteiger partial charge on any atom is -0.271 e. The van der Waals surface area contributed by atoms with Crippen molar-refractivity contribution in [3.05, 3.63) is 56.2 Å². The van der Waals surface area contributed by atoms with Crippen molar-refractivity contribution in [2.75, 3.05) is 0 Å². The Morgan fingerprint density at radius 3 is 2.61 bits per heavy atom. The summed E-state index contributed by atoms with van der Waals surface area (Å²) < 4.78 is 27.1. The number of nitrogens with one attached hydrogen (secondary N) is 1. The Morgan fingerprint density at radius 1 is 1.33 bits per heavy atom. The van der Waals surface area contributed by atoms with Crippen LogP contribution in [0.5, 0.6) is 0 Å². The SMILES string of the molecule is Cc1cc(C(NN)c2sccc2Cl)c(F)cc1F. The predicted octanol–water partition coefficient (Wildman–Crippen LogP) is 3.54. The highest BCUT2D eigenvalue weighted by atomic mass is 35.5. The van der Waals surface area contributed by atoms with Crippen LogP contribution in [0.4, 0.5) is 8.78 Å². The van der Waals surface area contributed by atoms with Crippen molar-refractivity contribution in [2.24, 2.45) is 5.84 Å². The Balaban J connectivity index is 2.52. The zero-order valence-electron chi connectivity index (χ0n) is 9.51. The second kappa shape index (κ2) is 5.32. The molecular weight excluding hydrogens is 278 g/mol. The lowest BCUT2D eigenvalue weighted by Crippen LogP contribution is -2.29. The number of thiophene rings is 1. The summed E-state index contributed by atoms with van der Waals surface area (Å²) in [7, 11) is 0. The van der Waals surface area contributed by atoms with Crippen molar-refractivity contribution >= 4 is 22.9 Å². The third-order valence-electron chi connectivity index (χ3n) is 2.66. The van der Waals surface area contributed by atoms with Gasteiger partial charge in [-0.25, -0.2) is 14.2 Å². The molecule has 0 saturated carbocycles. The van der Waals surface area contributed by atoms with Gasteiger partial charge in [-0.3, -0.25) is 5.84 Å². The van der Waals surface area contributed by atoms with E-state index in [4.69, 9.17) is 17.4 Å². The summed E-state index contributed by atoms with van der Waals surface area (Å²) in [6.07, 6.45) is 0.